The van der Waals surface area contributed by atoms with E-state index in [1.165, 1.54) is 11.1 Å². The zero-order valence-electron chi connectivity index (χ0n) is 9.08. The molecule has 1 heterocycles. The molecule has 0 atom stereocenters. The van der Waals surface area contributed by atoms with Gasteiger partial charge in [-0.25, -0.2) is 4.79 Å². The Morgan fingerprint density at radius 2 is 1.89 bits per heavy atom. The third kappa shape index (κ3) is 3.75. The summed E-state index contributed by atoms with van der Waals surface area (Å²) in [6.45, 7) is 1.85. The number of nitriles is 1. The van der Waals surface area contributed by atoms with Crippen LogP contribution in [0.3, 0.4) is 0 Å². The average molecular weight is 258 g/mol. The standard InChI is InChI=1S/C9H8N2.C2HF3O2/c10-4-7-1-2-8-5-11-6-9(8)3-7;3-2(4,5)1(6)7/h1-3,11H,5-6H2;(H,6,7). The first-order valence-corrected chi connectivity index (χ1v) is 4.87. The van der Waals surface area contributed by atoms with Crippen LogP contribution in [0, 0.1) is 11.3 Å². The summed E-state index contributed by atoms with van der Waals surface area (Å²) < 4.78 is 31.7. The SMILES string of the molecule is N#Cc1ccc2c(c1)CNC2.O=C(O)C(F)(F)F. The smallest absolute Gasteiger partial charge is 0.475 e. The van der Waals surface area contributed by atoms with Crippen molar-refractivity contribution in [3.63, 3.8) is 0 Å². The number of hydrogen-bond donors (Lipinski definition) is 2. The Hall–Kier alpha value is -2.07. The minimum atomic E-state index is -5.08. The van der Waals surface area contributed by atoms with Crippen LogP contribution >= 0.6 is 0 Å². The number of benzene rings is 1. The molecule has 2 rings (SSSR count). The van der Waals surface area contributed by atoms with E-state index in [9.17, 15) is 13.2 Å². The molecule has 1 aliphatic heterocycles. The molecule has 0 radical (unpaired) electrons. The lowest BCUT2D eigenvalue weighted by molar-refractivity contribution is -0.192. The van der Waals surface area contributed by atoms with Crippen LogP contribution in [0.5, 0.6) is 0 Å². The number of carboxylic acids is 1. The molecule has 1 aliphatic rings. The molecule has 0 saturated heterocycles. The van der Waals surface area contributed by atoms with Gasteiger partial charge in [-0.1, -0.05) is 6.07 Å². The normalized spacial score (nSPS) is 13.0. The zero-order valence-corrected chi connectivity index (χ0v) is 9.08. The molecule has 0 aromatic heterocycles. The lowest BCUT2D eigenvalue weighted by Crippen LogP contribution is -2.21. The molecule has 0 fully saturated rings. The van der Waals surface area contributed by atoms with Crippen molar-refractivity contribution in [2.75, 3.05) is 0 Å². The molecule has 18 heavy (non-hydrogen) atoms. The van der Waals surface area contributed by atoms with Crippen LogP contribution in [-0.2, 0) is 17.9 Å². The minimum absolute atomic E-state index is 0.757. The molecular formula is C11H9F3N2O2. The maximum absolute atomic E-state index is 10.6. The molecule has 0 aliphatic carbocycles. The highest BCUT2D eigenvalue weighted by Crippen LogP contribution is 2.16. The van der Waals surface area contributed by atoms with Gasteiger partial charge in [-0.3, -0.25) is 0 Å². The van der Waals surface area contributed by atoms with Gasteiger partial charge in [0.1, 0.15) is 0 Å². The monoisotopic (exact) mass is 258 g/mol. The van der Waals surface area contributed by atoms with E-state index in [0.717, 1.165) is 18.7 Å². The first-order chi connectivity index (χ1) is 8.34. The fourth-order valence-corrected chi connectivity index (χ4v) is 1.36. The van der Waals surface area contributed by atoms with Crippen molar-refractivity contribution in [1.82, 2.24) is 5.32 Å². The fourth-order valence-electron chi connectivity index (χ4n) is 1.36. The van der Waals surface area contributed by atoms with E-state index in [1.54, 1.807) is 0 Å². The first kappa shape index (κ1) is 14.0. The first-order valence-electron chi connectivity index (χ1n) is 4.87. The van der Waals surface area contributed by atoms with E-state index >= 15 is 0 Å². The van der Waals surface area contributed by atoms with Crippen molar-refractivity contribution in [3.05, 3.63) is 34.9 Å². The van der Waals surface area contributed by atoms with Crippen LogP contribution in [0.25, 0.3) is 0 Å². The van der Waals surface area contributed by atoms with Gasteiger partial charge < -0.3 is 10.4 Å². The highest BCUT2D eigenvalue weighted by molar-refractivity contribution is 5.73. The van der Waals surface area contributed by atoms with Crippen LogP contribution in [0.15, 0.2) is 18.2 Å². The van der Waals surface area contributed by atoms with Gasteiger partial charge in [0.15, 0.2) is 0 Å². The molecule has 1 aromatic carbocycles. The van der Waals surface area contributed by atoms with Crippen molar-refractivity contribution in [1.29, 1.82) is 5.26 Å². The lowest BCUT2D eigenvalue weighted by Gasteiger charge is -1.95. The van der Waals surface area contributed by atoms with Crippen molar-refractivity contribution < 1.29 is 23.1 Å². The molecule has 1 aromatic rings. The van der Waals surface area contributed by atoms with Gasteiger partial charge in [0, 0.05) is 13.1 Å². The number of aliphatic carboxylic acids is 1. The van der Waals surface area contributed by atoms with Gasteiger partial charge >= 0.3 is 12.1 Å². The molecule has 0 spiro atoms. The third-order valence-corrected chi connectivity index (χ3v) is 2.21. The Kier molecular flexibility index (Phi) is 4.28. The van der Waals surface area contributed by atoms with Crippen molar-refractivity contribution >= 4 is 5.97 Å². The number of alkyl halides is 3. The maximum Gasteiger partial charge on any atom is 0.490 e. The van der Waals surface area contributed by atoms with Crippen molar-refractivity contribution in [2.45, 2.75) is 19.3 Å². The zero-order chi connectivity index (χ0) is 13.8. The van der Waals surface area contributed by atoms with Crippen LogP contribution in [0.4, 0.5) is 13.2 Å². The summed E-state index contributed by atoms with van der Waals surface area (Å²) in [5.41, 5.74) is 3.35. The van der Waals surface area contributed by atoms with Gasteiger partial charge in [-0.05, 0) is 23.3 Å². The van der Waals surface area contributed by atoms with Gasteiger partial charge in [0.2, 0.25) is 0 Å². The van der Waals surface area contributed by atoms with Crippen LogP contribution in [0.2, 0.25) is 0 Å². The number of carbonyl (C=O) groups is 1. The Balaban J connectivity index is 0.000000203. The van der Waals surface area contributed by atoms with E-state index in [-0.39, 0.29) is 0 Å². The summed E-state index contributed by atoms with van der Waals surface area (Å²) in [6.07, 6.45) is -5.08. The second kappa shape index (κ2) is 5.51. The molecule has 0 saturated carbocycles. The Morgan fingerprint density at radius 3 is 2.39 bits per heavy atom. The Bertz CT molecular complexity index is 492. The number of nitrogens with one attached hydrogen (secondary N) is 1. The largest absolute Gasteiger partial charge is 0.490 e. The Labute approximate surface area is 101 Å². The van der Waals surface area contributed by atoms with E-state index in [1.807, 2.05) is 18.2 Å². The van der Waals surface area contributed by atoms with Crippen molar-refractivity contribution in [2.24, 2.45) is 0 Å². The quantitative estimate of drug-likeness (QED) is 0.744. The highest BCUT2D eigenvalue weighted by Gasteiger charge is 2.38. The van der Waals surface area contributed by atoms with Gasteiger partial charge in [-0.15, -0.1) is 0 Å². The van der Waals surface area contributed by atoms with Crippen LogP contribution in [0.1, 0.15) is 16.7 Å². The summed E-state index contributed by atoms with van der Waals surface area (Å²) >= 11 is 0. The van der Waals surface area contributed by atoms with Gasteiger partial charge in [0.25, 0.3) is 0 Å². The number of carboxylic acid groups (broad SMARTS) is 1. The predicted octanol–water partition coefficient (Wildman–Crippen LogP) is 1.79. The molecule has 0 bridgehead atoms. The van der Waals surface area contributed by atoms with Gasteiger partial charge in [0.05, 0.1) is 11.6 Å². The molecule has 4 nitrogen and oxygen atoms in total. The maximum atomic E-state index is 10.6. The Morgan fingerprint density at radius 1 is 1.33 bits per heavy atom. The predicted molar refractivity (Wildman–Crippen MR) is 55.4 cm³/mol. The second-order valence-electron chi connectivity index (χ2n) is 3.50. The van der Waals surface area contributed by atoms with E-state index in [0.29, 0.717) is 0 Å². The third-order valence-electron chi connectivity index (χ3n) is 2.21. The summed E-state index contributed by atoms with van der Waals surface area (Å²) in [5, 5.41) is 19.0. The molecule has 0 unspecified atom stereocenters. The number of halogens is 3. The van der Waals surface area contributed by atoms with E-state index < -0.39 is 12.1 Å². The molecular weight excluding hydrogens is 249 g/mol. The van der Waals surface area contributed by atoms with E-state index in [4.69, 9.17) is 15.2 Å². The summed E-state index contributed by atoms with van der Waals surface area (Å²) in [6, 6.07) is 7.97. The molecule has 96 valence electrons. The number of rotatable bonds is 0. The van der Waals surface area contributed by atoms with Crippen LogP contribution in [-0.4, -0.2) is 17.3 Å². The molecule has 0 amide bonds. The van der Waals surface area contributed by atoms with E-state index in [2.05, 4.69) is 11.4 Å². The topological polar surface area (TPSA) is 73.1 Å². The molecule has 2 N–H and O–H groups in total. The summed E-state index contributed by atoms with van der Waals surface area (Å²) in [5.74, 6) is -2.76. The number of nitrogens with zero attached hydrogens (tertiary/aromatic N) is 1. The second-order valence-corrected chi connectivity index (χ2v) is 3.50. The van der Waals surface area contributed by atoms with Gasteiger partial charge in [-0.2, -0.15) is 18.4 Å². The molecule has 7 heteroatoms. The highest BCUT2D eigenvalue weighted by atomic mass is 19.4. The summed E-state index contributed by atoms with van der Waals surface area (Å²) in [4.78, 5) is 8.90. The lowest BCUT2D eigenvalue weighted by atomic mass is 10.1. The van der Waals surface area contributed by atoms with Crippen molar-refractivity contribution in [3.8, 4) is 6.07 Å². The average Bonchev–Trinajstić information content (AvgIpc) is 2.75. The fraction of sp³-hybridized carbons (Fsp3) is 0.273. The number of hydrogen-bond acceptors (Lipinski definition) is 3. The number of fused-ring (bicyclic) bond motifs is 1. The summed E-state index contributed by atoms with van der Waals surface area (Å²) in [7, 11) is 0. The minimum Gasteiger partial charge on any atom is -0.475 e. The van der Waals surface area contributed by atoms with Crippen LogP contribution < -0.4 is 5.32 Å².